The van der Waals surface area contributed by atoms with Gasteiger partial charge in [-0.25, -0.2) is 0 Å². The molecule has 0 radical (unpaired) electrons. The predicted molar refractivity (Wildman–Crippen MR) is 78.5 cm³/mol. The number of benzene rings is 1. The molecule has 1 aromatic rings. The number of nitrogens with two attached hydrogens (primary N) is 1. The molecule has 1 heterocycles. The Hall–Kier alpha value is -0.380. The number of hydrogen-bond acceptors (Lipinski definition) is 2. The van der Waals surface area contributed by atoms with Crippen molar-refractivity contribution in [1.82, 2.24) is 4.90 Å². The number of piperidine rings is 1. The predicted octanol–water partition coefficient (Wildman–Crippen LogP) is 3.11. The zero-order chi connectivity index (χ0) is 12.7. The molecule has 2 N–H and O–H groups in total. The van der Waals surface area contributed by atoms with E-state index in [1.54, 1.807) is 5.56 Å². The highest BCUT2D eigenvalue weighted by molar-refractivity contribution is 9.10. The van der Waals surface area contributed by atoms with Crippen molar-refractivity contribution in [3.05, 3.63) is 33.8 Å². The molecule has 1 aliphatic carbocycles. The van der Waals surface area contributed by atoms with Crippen LogP contribution in [0.15, 0.2) is 22.7 Å². The van der Waals surface area contributed by atoms with Crippen LogP contribution in [0, 0.1) is 5.92 Å². The van der Waals surface area contributed by atoms with Gasteiger partial charge in [-0.1, -0.05) is 28.9 Å². The molecule has 0 spiro atoms. The van der Waals surface area contributed by atoms with E-state index in [4.69, 9.17) is 5.73 Å². The summed E-state index contributed by atoms with van der Waals surface area (Å²) < 4.78 is 1.20. The lowest BCUT2D eigenvalue weighted by molar-refractivity contribution is 0.116. The average molecular weight is 309 g/mol. The van der Waals surface area contributed by atoms with Gasteiger partial charge in [0.05, 0.1) is 0 Å². The first-order valence-corrected chi connectivity index (χ1v) is 7.72. The van der Waals surface area contributed by atoms with Crippen LogP contribution in [0.4, 0.5) is 0 Å². The lowest BCUT2D eigenvalue weighted by Crippen LogP contribution is -2.46. The van der Waals surface area contributed by atoms with E-state index in [0.29, 0.717) is 18.0 Å². The summed E-state index contributed by atoms with van der Waals surface area (Å²) in [5.74, 6) is 0.623. The van der Waals surface area contributed by atoms with Gasteiger partial charge in [0.25, 0.3) is 0 Å². The van der Waals surface area contributed by atoms with Gasteiger partial charge in [-0.05, 0) is 48.4 Å². The van der Waals surface area contributed by atoms with E-state index in [9.17, 15) is 0 Å². The van der Waals surface area contributed by atoms with Gasteiger partial charge in [0.1, 0.15) is 0 Å². The molecule has 2 aliphatic rings. The van der Waals surface area contributed by atoms with E-state index in [0.717, 1.165) is 19.5 Å². The van der Waals surface area contributed by atoms with Crippen LogP contribution in [0.1, 0.15) is 36.9 Å². The number of fused-ring (bicyclic) bond motifs is 1. The Morgan fingerprint density at radius 1 is 1.33 bits per heavy atom. The molecule has 3 heteroatoms. The van der Waals surface area contributed by atoms with Gasteiger partial charge >= 0.3 is 0 Å². The summed E-state index contributed by atoms with van der Waals surface area (Å²) >= 11 is 3.57. The highest BCUT2D eigenvalue weighted by atomic mass is 79.9. The minimum absolute atomic E-state index is 0.395. The lowest BCUT2D eigenvalue weighted by Gasteiger charge is -2.39. The Balaban J connectivity index is 1.80. The first-order valence-electron chi connectivity index (χ1n) is 6.93. The summed E-state index contributed by atoms with van der Waals surface area (Å²) in [7, 11) is 0. The molecule has 18 heavy (non-hydrogen) atoms. The van der Waals surface area contributed by atoms with E-state index in [1.165, 1.54) is 22.9 Å². The van der Waals surface area contributed by atoms with Crippen LogP contribution in [-0.2, 0) is 6.42 Å². The average Bonchev–Trinajstić information content (AvgIpc) is 2.75. The number of halogens is 1. The van der Waals surface area contributed by atoms with Gasteiger partial charge in [-0.2, -0.15) is 0 Å². The molecule has 1 fully saturated rings. The van der Waals surface area contributed by atoms with Crippen LogP contribution in [0.5, 0.6) is 0 Å². The summed E-state index contributed by atoms with van der Waals surface area (Å²) in [6, 6.07) is 7.79. The van der Waals surface area contributed by atoms with E-state index in [-0.39, 0.29) is 0 Å². The van der Waals surface area contributed by atoms with Crippen molar-refractivity contribution in [1.29, 1.82) is 0 Å². The fourth-order valence-electron chi connectivity index (χ4n) is 3.42. The maximum Gasteiger partial charge on any atom is 0.0354 e. The molecule has 1 saturated heterocycles. The summed E-state index contributed by atoms with van der Waals surface area (Å²) in [5, 5.41) is 0. The molecule has 3 rings (SSSR count). The smallest absolute Gasteiger partial charge is 0.0354 e. The van der Waals surface area contributed by atoms with Crippen LogP contribution in [-0.4, -0.2) is 24.0 Å². The first kappa shape index (κ1) is 12.6. The second kappa shape index (κ2) is 4.95. The van der Waals surface area contributed by atoms with Gasteiger partial charge in [0.15, 0.2) is 0 Å². The monoisotopic (exact) mass is 308 g/mol. The molecule has 0 saturated carbocycles. The lowest BCUT2D eigenvalue weighted by atomic mass is 9.92. The van der Waals surface area contributed by atoms with Crippen LogP contribution in [0.25, 0.3) is 0 Å². The normalized spacial score (nSPS) is 32.5. The highest BCUT2D eigenvalue weighted by Crippen LogP contribution is 2.38. The Morgan fingerprint density at radius 2 is 2.17 bits per heavy atom. The standard InChI is InChI=1S/C15H21BrN2/c1-10-9-18(7-6-14(10)17)15-5-2-11-8-12(16)3-4-13(11)15/h3-4,8,10,14-15H,2,5-7,9,17H2,1H3. The molecule has 0 amide bonds. The van der Waals surface area contributed by atoms with Crippen molar-refractivity contribution in [3.8, 4) is 0 Å². The molecule has 3 atom stereocenters. The second-order valence-corrected chi connectivity index (χ2v) is 6.74. The van der Waals surface area contributed by atoms with Gasteiger partial charge in [0, 0.05) is 29.6 Å². The number of likely N-dealkylation sites (tertiary alicyclic amines) is 1. The van der Waals surface area contributed by atoms with Gasteiger partial charge in [-0.3, -0.25) is 4.90 Å². The summed E-state index contributed by atoms with van der Waals surface area (Å²) in [6.45, 7) is 4.60. The Kier molecular flexibility index (Phi) is 3.48. The quantitative estimate of drug-likeness (QED) is 0.864. The van der Waals surface area contributed by atoms with Crippen molar-refractivity contribution in [2.75, 3.05) is 13.1 Å². The van der Waals surface area contributed by atoms with Gasteiger partial charge in [0.2, 0.25) is 0 Å². The van der Waals surface area contributed by atoms with Crippen molar-refractivity contribution in [2.45, 2.75) is 38.3 Å². The van der Waals surface area contributed by atoms with E-state index < -0.39 is 0 Å². The van der Waals surface area contributed by atoms with E-state index >= 15 is 0 Å². The fraction of sp³-hybridized carbons (Fsp3) is 0.600. The first-order chi connectivity index (χ1) is 8.65. The molecule has 3 unspecified atom stereocenters. The third-order valence-corrected chi connectivity index (χ3v) is 5.09. The summed E-state index contributed by atoms with van der Waals surface area (Å²) in [6.07, 6.45) is 3.63. The minimum atomic E-state index is 0.395. The molecule has 0 bridgehead atoms. The second-order valence-electron chi connectivity index (χ2n) is 5.82. The molecular weight excluding hydrogens is 288 g/mol. The third-order valence-electron chi connectivity index (χ3n) is 4.59. The number of aryl methyl sites for hydroxylation is 1. The van der Waals surface area contributed by atoms with Crippen LogP contribution >= 0.6 is 15.9 Å². The van der Waals surface area contributed by atoms with Crippen molar-refractivity contribution in [2.24, 2.45) is 11.7 Å². The molecule has 0 aromatic heterocycles. The minimum Gasteiger partial charge on any atom is -0.327 e. The summed E-state index contributed by atoms with van der Waals surface area (Å²) in [5.41, 5.74) is 9.19. The maximum atomic E-state index is 6.12. The molecule has 1 aromatic carbocycles. The SMILES string of the molecule is CC1CN(C2CCc3cc(Br)ccc32)CCC1N. The molecule has 2 nitrogen and oxygen atoms in total. The maximum absolute atomic E-state index is 6.12. The van der Waals surface area contributed by atoms with Crippen molar-refractivity contribution < 1.29 is 0 Å². The van der Waals surface area contributed by atoms with E-state index in [2.05, 4.69) is 46.0 Å². The topological polar surface area (TPSA) is 29.3 Å². The number of nitrogens with zero attached hydrogens (tertiary/aromatic N) is 1. The molecule has 1 aliphatic heterocycles. The van der Waals surface area contributed by atoms with E-state index in [1.807, 2.05) is 0 Å². The Labute approximate surface area is 118 Å². The number of rotatable bonds is 1. The third kappa shape index (κ3) is 2.24. The Morgan fingerprint density at radius 3 is 2.94 bits per heavy atom. The zero-order valence-electron chi connectivity index (χ0n) is 10.9. The zero-order valence-corrected chi connectivity index (χ0v) is 12.5. The van der Waals surface area contributed by atoms with Crippen LogP contribution < -0.4 is 5.73 Å². The number of hydrogen-bond donors (Lipinski definition) is 1. The molecular formula is C15H21BrN2. The molecule has 98 valence electrons. The Bertz CT molecular complexity index is 446. The largest absolute Gasteiger partial charge is 0.327 e. The fourth-order valence-corrected chi connectivity index (χ4v) is 3.83. The highest BCUT2D eigenvalue weighted by Gasteiger charge is 2.32. The van der Waals surface area contributed by atoms with Crippen molar-refractivity contribution >= 4 is 15.9 Å². The van der Waals surface area contributed by atoms with Crippen molar-refractivity contribution in [3.63, 3.8) is 0 Å². The van der Waals surface area contributed by atoms with Crippen LogP contribution in [0.3, 0.4) is 0 Å². The summed E-state index contributed by atoms with van der Waals surface area (Å²) in [4.78, 5) is 2.65. The van der Waals surface area contributed by atoms with Gasteiger partial charge < -0.3 is 5.73 Å². The van der Waals surface area contributed by atoms with Gasteiger partial charge in [-0.15, -0.1) is 0 Å². The van der Waals surface area contributed by atoms with Crippen LogP contribution in [0.2, 0.25) is 0 Å².